The van der Waals surface area contributed by atoms with Gasteiger partial charge in [-0.25, -0.2) is 0 Å². The van der Waals surface area contributed by atoms with Crippen molar-refractivity contribution >= 4 is 28.4 Å². The number of halogens is 2. The second kappa shape index (κ2) is 8.68. The Kier molecular flexibility index (Phi) is 6.89. The minimum atomic E-state index is -0.615. The number of carbonyl (C=O) groups is 1. The zero-order valence-electron chi connectivity index (χ0n) is 13.0. The summed E-state index contributed by atoms with van der Waals surface area (Å²) in [6.07, 6.45) is 4.83. The average Bonchev–Trinajstić information content (AvgIpc) is 2.53. The van der Waals surface area contributed by atoms with Crippen LogP contribution in [0.2, 0.25) is 5.15 Å². The summed E-state index contributed by atoms with van der Waals surface area (Å²) in [5.74, 6) is 0. The van der Waals surface area contributed by atoms with Gasteiger partial charge in [0.2, 0.25) is 0 Å². The van der Waals surface area contributed by atoms with Crippen LogP contribution in [0.1, 0.15) is 36.0 Å². The lowest BCUT2D eigenvalue weighted by Crippen LogP contribution is -2.40. The maximum absolute atomic E-state index is 11.4. The van der Waals surface area contributed by atoms with Crippen LogP contribution >= 0.6 is 23.2 Å². The van der Waals surface area contributed by atoms with E-state index < -0.39 is 5.24 Å². The molecule has 0 spiro atoms. The fraction of sp³-hybridized carbons (Fsp3) is 0.600. The van der Waals surface area contributed by atoms with E-state index in [9.17, 15) is 9.90 Å². The minimum absolute atomic E-state index is 0.241. The Morgan fingerprint density at radius 1 is 1.52 bits per heavy atom. The molecule has 0 saturated carbocycles. The van der Waals surface area contributed by atoms with Gasteiger partial charge in [0, 0.05) is 26.2 Å². The van der Waals surface area contributed by atoms with Gasteiger partial charge in [-0.3, -0.25) is 14.7 Å². The SMILES string of the molecule is CN=c1cc(Cl)n(OCCCN2CCCCC2O)cc1C(=O)Cl. The number of nitrogens with zero attached hydrogens (tertiary/aromatic N) is 3. The predicted octanol–water partition coefficient (Wildman–Crippen LogP) is 1.67. The van der Waals surface area contributed by atoms with Crippen LogP contribution in [0.5, 0.6) is 0 Å². The van der Waals surface area contributed by atoms with E-state index in [1.807, 2.05) is 4.90 Å². The van der Waals surface area contributed by atoms with Gasteiger partial charge in [0.25, 0.3) is 5.24 Å². The molecule has 2 heterocycles. The molecule has 6 nitrogen and oxygen atoms in total. The van der Waals surface area contributed by atoms with Crippen LogP contribution in [0.15, 0.2) is 17.3 Å². The quantitative estimate of drug-likeness (QED) is 0.475. The van der Waals surface area contributed by atoms with Gasteiger partial charge in [0.1, 0.15) is 18.0 Å². The number of aliphatic hydroxyl groups excluding tert-OH is 1. The fourth-order valence-corrected chi connectivity index (χ4v) is 2.95. The van der Waals surface area contributed by atoms with E-state index in [4.69, 9.17) is 28.0 Å². The summed E-state index contributed by atoms with van der Waals surface area (Å²) >= 11 is 11.7. The molecule has 1 aromatic heterocycles. The summed E-state index contributed by atoms with van der Waals surface area (Å²) in [6.45, 7) is 2.07. The van der Waals surface area contributed by atoms with Crippen LogP contribution in [0.3, 0.4) is 0 Å². The highest BCUT2D eigenvalue weighted by Crippen LogP contribution is 2.14. The molecule has 0 bridgehead atoms. The Balaban J connectivity index is 1.93. The molecule has 1 aromatic rings. The highest BCUT2D eigenvalue weighted by Gasteiger charge is 2.19. The fourth-order valence-electron chi connectivity index (χ4n) is 2.60. The van der Waals surface area contributed by atoms with Crippen molar-refractivity contribution in [1.29, 1.82) is 0 Å². The first kappa shape index (κ1) is 18.3. The van der Waals surface area contributed by atoms with Gasteiger partial charge < -0.3 is 9.94 Å². The van der Waals surface area contributed by atoms with Crippen molar-refractivity contribution < 1.29 is 14.7 Å². The molecule has 1 atom stereocenters. The van der Waals surface area contributed by atoms with Crippen molar-refractivity contribution in [2.45, 2.75) is 31.9 Å². The van der Waals surface area contributed by atoms with E-state index in [0.717, 1.165) is 38.8 Å². The first-order valence-corrected chi connectivity index (χ1v) is 8.39. The first-order chi connectivity index (χ1) is 11.0. The molecule has 0 radical (unpaired) electrons. The van der Waals surface area contributed by atoms with Crippen molar-refractivity contribution in [1.82, 2.24) is 9.63 Å². The summed E-state index contributed by atoms with van der Waals surface area (Å²) in [5.41, 5.74) is 0.241. The number of aromatic nitrogens is 1. The van der Waals surface area contributed by atoms with Gasteiger partial charge in [-0.05, 0) is 37.3 Å². The third-order valence-corrected chi connectivity index (χ3v) is 4.32. The predicted molar refractivity (Wildman–Crippen MR) is 88.6 cm³/mol. The molecule has 1 unspecified atom stereocenters. The number of likely N-dealkylation sites (tertiary alicyclic amines) is 1. The minimum Gasteiger partial charge on any atom is -0.413 e. The maximum atomic E-state index is 11.4. The van der Waals surface area contributed by atoms with Gasteiger partial charge in [-0.2, -0.15) is 4.73 Å². The normalized spacial score (nSPS) is 19.8. The number of piperidine rings is 1. The first-order valence-electron chi connectivity index (χ1n) is 7.63. The second-order valence-corrected chi connectivity index (χ2v) is 6.15. The Hall–Kier alpha value is -1.08. The van der Waals surface area contributed by atoms with Crippen LogP contribution in [-0.2, 0) is 0 Å². The van der Waals surface area contributed by atoms with Gasteiger partial charge in [0.15, 0.2) is 0 Å². The molecule has 0 aromatic carbocycles. The highest BCUT2D eigenvalue weighted by molar-refractivity contribution is 6.67. The second-order valence-electron chi connectivity index (χ2n) is 5.42. The molecule has 1 aliphatic heterocycles. The summed E-state index contributed by atoms with van der Waals surface area (Å²) in [6, 6.07) is 1.53. The van der Waals surface area contributed by atoms with Crippen molar-refractivity contribution in [2.75, 3.05) is 26.7 Å². The van der Waals surface area contributed by atoms with Gasteiger partial charge in [-0.1, -0.05) is 11.6 Å². The number of pyridine rings is 1. The van der Waals surface area contributed by atoms with Crippen LogP contribution in [0, 0.1) is 0 Å². The molecular weight excluding hydrogens is 341 g/mol. The molecular formula is C15H21Cl2N3O3. The Labute approximate surface area is 145 Å². The average molecular weight is 362 g/mol. The van der Waals surface area contributed by atoms with E-state index in [1.165, 1.54) is 17.0 Å². The summed E-state index contributed by atoms with van der Waals surface area (Å²) < 4.78 is 1.32. The maximum Gasteiger partial charge on any atom is 0.256 e. The molecule has 1 aliphatic rings. The van der Waals surface area contributed by atoms with E-state index in [0.29, 0.717) is 17.1 Å². The Morgan fingerprint density at radius 2 is 2.30 bits per heavy atom. The molecule has 1 N–H and O–H groups in total. The van der Waals surface area contributed by atoms with Gasteiger partial charge >= 0.3 is 0 Å². The molecule has 8 heteroatoms. The number of hydrogen-bond acceptors (Lipinski definition) is 5. The van der Waals surface area contributed by atoms with Crippen molar-refractivity contribution in [3.63, 3.8) is 0 Å². The van der Waals surface area contributed by atoms with Crippen LogP contribution < -0.4 is 10.2 Å². The molecule has 23 heavy (non-hydrogen) atoms. The third-order valence-electron chi connectivity index (χ3n) is 3.84. The van der Waals surface area contributed by atoms with Crippen molar-refractivity contribution in [2.24, 2.45) is 4.99 Å². The lowest BCUT2D eigenvalue weighted by Gasteiger charge is -2.31. The number of carbonyl (C=O) groups excluding carboxylic acids is 1. The Bertz CT molecular complexity index is 618. The summed E-state index contributed by atoms with van der Waals surface area (Å²) in [7, 11) is 1.56. The lowest BCUT2D eigenvalue weighted by molar-refractivity contribution is -0.0283. The monoisotopic (exact) mass is 361 g/mol. The molecule has 1 fully saturated rings. The van der Waals surface area contributed by atoms with Crippen LogP contribution in [-0.4, -0.2) is 53.0 Å². The molecule has 2 rings (SSSR count). The van der Waals surface area contributed by atoms with Crippen molar-refractivity contribution in [3.05, 3.63) is 28.3 Å². The number of aliphatic hydroxyl groups is 1. The van der Waals surface area contributed by atoms with E-state index >= 15 is 0 Å². The third kappa shape index (κ3) is 4.94. The zero-order valence-corrected chi connectivity index (χ0v) is 14.6. The largest absolute Gasteiger partial charge is 0.413 e. The zero-order chi connectivity index (χ0) is 16.8. The number of hydrogen-bond donors (Lipinski definition) is 1. The summed E-state index contributed by atoms with van der Waals surface area (Å²) in [5, 5.41) is 10.00. The lowest BCUT2D eigenvalue weighted by atomic mass is 10.1. The highest BCUT2D eigenvalue weighted by atomic mass is 35.5. The molecule has 1 saturated heterocycles. The van der Waals surface area contributed by atoms with Crippen LogP contribution in [0.25, 0.3) is 0 Å². The molecule has 0 aliphatic carbocycles. The van der Waals surface area contributed by atoms with Gasteiger partial charge in [-0.15, -0.1) is 0 Å². The number of rotatable bonds is 6. The Morgan fingerprint density at radius 3 is 2.96 bits per heavy atom. The topological polar surface area (TPSA) is 67.1 Å². The smallest absolute Gasteiger partial charge is 0.256 e. The van der Waals surface area contributed by atoms with E-state index in [1.54, 1.807) is 7.05 Å². The van der Waals surface area contributed by atoms with Crippen molar-refractivity contribution in [3.8, 4) is 0 Å². The molecule has 128 valence electrons. The van der Waals surface area contributed by atoms with E-state index in [-0.39, 0.29) is 11.8 Å². The van der Waals surface area contributed by atoms with Gasteiger partial charge in [0.05, 0.1) is 17.1 Å². The molecule has 0 amide bonds. The van der Waals surface area contributed by atoms with Crippen LogP contribution in [0.4, 0.5) is 0 Å². The van der Waals surface area contributed by atoms with E-state index in [2.05, 4.69) is 4.99 Å². The summed E-state index contributed by atoms with van der Waals surface area (Å²) in [4.78, 5) is 23.0. The standard InChI is InChI=1S/C15H21Cl2N3O3/c1-18-12-9-13(16)20(10-11(12)15(17)22)23-8-4-7-19-6-3-2-5-14(19)21/h9-10,14,21H,2-8H2,1H3.